The van der Waals surface area contributed by atoms with Crippen LogP contribution in [0.1, 0.15) is 31.4 Å². The number of anilines is 1. The lowest BCUT2D eigenvalue weighted by atomic mass is 9.78. The van der Waals surface area contributed by atoms with Crippen LogP contribution in [0.3, 0.4) is 0 Å². The number of hydrogen-bond donors (Lipinski definition) is 0. The van der Waals surface area contributed by atoms with Gasteiger partial charge in [-0.15, -0.1) is 0 Å². The monoisotopic (exact) mass is 315 g/mol. The second-order valence-electron chi connectivity index (χ2n) is 6.54. The molecule has 1 spiro atoms. The van der Waals surface area contributed by atoms with Crippen LogP contribution in [-0.2, 0) is 23.8 Å². The van der Waals surface area contributed by atoms with E-state index in [1.165, 1.54) is 0 Å². The van der Waals surface area contributed by atoms with Crippen molar-refractivity contribution in [3.63, 3.8) is 0 Å². The number of nitrogens with zero attached hydrogens (tertiary/aromatic N) is 1. The van der Waals surface area contributed by atoms with E-state index in [9.17, 15) is 9.59 Å². The minimum atomic E-state index is -1.50. The van der Waals surface area contributed by atoms with Crippen LogP contribution < -0.4 is 4.90 Å². The van der Waals surface area contributed by atoms with Crippen molar-refractivity contribution in [3.05, 3.63) is 29.8 Å². The van der Waals surface area contributed by atoms with Gasteiger partial charge in [-0.1, -0.05) is 18.2 Å². The molecule has 1 aromatic carbocycles. The van der Waals surface area contributed by atoms with E-state index in [1.54, 1.807) is 11.8 Å². The molecule has 6 nitrogen and oxygen atoms in total. The average molecular weight is 315 g/mol. The average Bonchev–Trinajstić information content (AvgIpc) is 3.13. The zero-order valence-electron chi connectivity index (χ0n) is 12.8. The smallest absolute Gasteiger partial charge is 0.348 e. The first-order valence-corrected chi connectivity index (χ1v) is 8.08. The molecular weight excluding hydrogens is 298 g/mol. The van der Waals surface area contributed by atoms with Gasteiger partial charge >= 0.3 is 5.97 Å². The molecule has 23 heavy (non-hydrogen) atoms. The van der Waals surface area contributed by atoms with E-state index in [-0.39, 0.29) is 24.5 Å². The Kier molecular flexibility index (Phi) is 2.43. The molecule has 5 rings (SSSR count). The van der Waals surface area contributed by atoms with Crippen LogP contribution in [0.15, 0.2) is 24.3 Å². The fourth-order valence-electron chi connectivity index (χ4n) is 4.72. The lowest BCUT2D eigenvalue weighted by molar-refractivity contribution is -0.188. The van der Waals surface area contributed by atoms with Gasteiger partial charge in [-0.25, -0.2) is 4.79 Å². The minimum Gasteiger partial charge on any atom is -0.463 e. The summed E-state index contributed by atoms with van der Waals surface area (Å²) < 4.78 is 17.4. The number of carbonyl (C=O) groups excluding carboxylic acids is 2. The molecule has 1 amide bonds. The van der Waals surface area contributed by atoms with E-state index in [0.29, 0.717) is 13.0 Å². The number of benzene rings is 1. The summed E-state index contributed by atoms with van der Waals surface area (Å²) in [7, 11) is 0. The molecule has 0 aliphatic carbocycles. The second kappa shape index (κ2) is 4.13. The van der Waals surface area contributed by atoms with Gasteiger partial charge in [0.25, 0.3) is 5.91 Å². The third-order valence-corrected chi connectivity index (χ3v) is 5.55. The summed E-state index contributed by atoms with van der Waals surface area (Å²) in [4.78, 5) is 27.3. The molecule has 6 heteroatoms. The normalized spacial score (nSPS) is 39.3. The third kappa shape index (κ3) is 1.30. The molecule has 4 aliphatic rings. The highest BCUT2D eigenvalue weighted by atomic mass is 16.6. The molecule has 0 aromatic heterocycles. The van der Waals surface area contributed by atoms with E-state index < -0.39 is 17.3 Å². The topological polar surface area (TPSA) is 65.1 Å². The number of rotatable bonds is 2. The van der Waals surface area contributed by atoms with E-state index in [4.69, 9.17) is 14.2 Å². The molecule has 4 aliphatic heterocycles. The first-order chi connectivity index (χ1) is 11.1. The van der Waals surface area contributed by atoms with Crippen LogP contribution >= 0.6 is 0 Å². The van der Waals surface area contributed by atoms with Crippen LogP contribution in [0.5, 0.6) is 0 Å². The standard InChI is InChI=1S/C17H17NO5/c1-2-21-15(20)16-9-10-7-8-22-13-11-5-3-4-6-12(11)18(14(16)19)17(10,13)23-16/h3-6,10,13H,2,7-9H2,1H3/t10?,13?,16-,17-/m0/s1. The minimum absolute atomic E-state index is 0.0794. The van der Waals surface area contributed by atoms with E-state index >= 15 is 0 Å². The van der Waals surface area contributed by atoms with Crippen molar-refractivity contribution < 1.29 is 23.8 Å². The van der Waals surface area contributed by atoms with Crippen LogP contribution in [0.4, 0.5) is 5.69 Å². The highest BCUT2D eigenvalue weighted by Crippen LogP contribution is 2.66. The first-order valence-electron chi connectivity index (χ1n) is 8.08. The van der Waals surface area contributed by atoms with Gasteiger partial charge in [0.1, 0.15) is 6.10 Å². The van der Waals surface area contributed by atoms with Crippen molar-refractivity contribution in [2.45, 2.75) is 37.2 Å². The van der Waals surface area contributed by atoms with Crippen molar-refractivity contribution in [2.24, 2.45) is 5.92 Å². The van der Waals surface area contributed by atoms with Gasteiger partial charge in [-0.3, -0.25) is 9.69 Å². The Morgan fingerprint density at radius 3 is 3.09 bits per heavy atom. The van der Waals surface area contributed by atoms with Gasteiger partial charge in [0, 0.05) is 24.5 Å². The lowest BCUT2D eigenvalue weighted by Crippen LogP contribution is -2.58. The van der Waals surface area contributed by atoms with Crippen molar-refractivity contribution in [2.75, 3.05) is 18.1 Å². The van der Waals surface area contributed by atoms with Crippen molar-refractivity contribution in [3.8, 4) is 0 Å². The Hall–Kier alpha value is -1.92. The summed E-state index contributed by atoms with van der Waals surface area (Å²) in [6.07, 6.45) is 0.824. The van der Waals surface area contributed by atoms with Gasteiger partial charge in [-0.2, -0.15) is 0 Å². The fraction of sp³-hybridized carbons (Fsp3) is 0.529. The molecule has 0 N–H and O–H groups in total. The van der Waals surface area contributed by atoms with Gasteiger partial charge in [0.2, 0.25) is 5.60 Å². The van der Waals surface area contributed by atoms with Gasteiger partial charge in [-0.05, 0) is 19.4 Å². The fourth-order valence-corrected chi connectivity index (χ4v) is 4.72. The summed E-state index contributed by atoms with van der Waals surface area (Å²) in [5.41, 5.74) is -0.628. The van der Waals surface area contributed by atoms with Gasteiger partial charge in [0.15, 0.2) is 5.72 Å². The molecule has 0 saturated carbocycles. The van der Waals surface area contributed by atoms with Crippen LogP contribution in [0.25, 0.3) is 0 Å². The number of para-hydroxylation sites is 1. The van der Waals surface area contributed by atoms with Crippen LogP contribution in [0, 0.1) is 5.92 Å². The quantitative estimate of drug-likeness (QED) is 0.612. The predicted molar refractivity (Wildman–Crippen MR) is 78.5 cm³/mol. The second-order valence-corrected chi connectivity index (χ2v) is 6.54. The van der Waals surface area contributed by atoms with Crippen molar-refractivity contribution in [1.29, 1.82) is 0 Å². The molecule has 0 radical (unpaired) electrons. The molecule has 2 unspecified atom stereocenters. The Balaban J connectivity index is 1.71. The molecule has 1 aromatic rings. The maximum atomic E-state index is 13.1. The SMILES string of the molecule is CCOC(=O)[C@]12CC3CCOC4c5ccccc5N(C1=O)[C@]34O2. The Morgan fingerprint density at radius 1 is 1.43 bits per heavy atom. The molecule has 120 valence electrons. The van der Waals surface area contributed by atoms with Crippen LogP contribution in [-0.4, -0.2) is 36.4 Å². The molecule has 4 atom stereocenters. The number of hydrogen-bond acceptors (Lipinski definition) is 5. The highest BCUT2D eigenvalue weighted by molar-refractivity contribution is 6.17. The number of piperidine rings is 1. The summed E-state index contributed by atoms with van der Waals surface area (Å²) in [6.45, 7) is 2.57. The van der Waals surface area contributed by atoms with E-state index in [1.807, 2.05) is 24.3 Å². The maximum Gasteiger partial charge on any atom is 0.348 e. The molecule has 2 bridgehead atoms. The zero-order valence-corrected chi connectivity index (χ0v) is 12.8. The third-order valence-electron chi connectivity index (χ3n) is 5.55. The largest absolute Gasteiger partial charge is 0.463 e. The molecular formula is C17H17NO5. The molecule has 4 heterocycles. The highest BCUT2D eigenvalue weighted by Gasteiger charge is 2.80. The maximum absolute atomic E-state index is 13.1. The number of carbonyl (C=O) groups is 2. The van der Waals surface area contributed by atoms with Gasteiger partial charge in [0.05, 0.1) is 12.3 Å². The summed E-state index contributed by atoms with van der Waals surface area (Å²) in [5, 5.41) is 0. The zero-order chi connectivity index (χ0) is 15.8. The Labute approximate surface area is 133 Å². The van der Waals surface area contributed by atoms with Crippen molar-refractivity contribution in [1.82, 2.24) is 0 Å². The van der Waals surface area contributed by atoms with E-state index in [2.05, 4.69) is 0 Å². The van der Waals surface area contributed by atoms with Crippen LogP contribution in [0.2, 0.25) is 0 Å². The lowest BCUT2D eigenvalue weighted by Gasteiger charge is -2.43. The summed E-state index contributed by atoms with van der Waals surface area (Å²) in [5.74, 6) is -0.803. The Morgan fingerprint density at radius 2 is 2.26 bits per heavy atom. The Bertz CT molecular complexity index is 733. The number of fused-ring (bicyclic) bond motifs is 4. The predicted octanol–water partition coefficient (Wildman–Crippen LogP) is 1.54. The van der Waals surface area contributed by atoms with Gasteiger partial charge < -0.3 is 14.2 Å². The molecule has 3 saturated heterocycles. The summed E-state index contributed by atoms with van der Waals surface area (Å²) in [6, 6.07) is 7.68. The van der Waals surface area contributed by atoms with E-state index in [0.717, 1.165) is 17.7 Å². The van der Waals surface area contributed by atoms with Crippen molar-refractivity contribution >= 4 is 17.6 Å². The first kappa shape index (κ1) is 13.5. The summed E-state index contributed by atoms with van der Waals surface area (Å²) >= 11 is 0. The molecule has 3 fully saturated rings. The number of esters is 1. The number of ether oxygens (including phenoxy) is 3. The number of amides is 1.